The van der Waals surface area contributed by atoms with E-state index >= 15 is 0 Å². The molecule has 0 amide bonds. The number of rotatable bonds is 3. The van der Waals surface area contributed by atoms with Gasteiger partial charge in [0.2, 0.25) is 0 Å². The average Bonchev–Trinajstić information content (AvgIpc) is 2.17. The molecule has 0 fully saturated rings. The number of hydrogen-bond acceptors (Lipinski definition) is 1. The second-order valence-corrected chi connectivity index (χ2v) is 4.90. The monoisotopic (exact) mass is 274 g/mol. The van der Waals surface area contributed by atoms with E-state index in [-0.39, 0.29) is 10.6 Å². The number of Topliss-reactive ketones (excluding diaryl/α,β-unsaturated/α-hetero) is 1. The fourth-order valence-corrected chi connectivity index (χ4v) is 1.64. The topological polar surface area (TPSA) is 17.1 Å². The van der Waals surface area contributed by atoms with Crippen molar-refractivity contribution >= 4 is 33.3 Å². The molecule has 0 bridgehead atoms. The first-order valence-electron chi connectivity index (χ1n) is 4.40. The maximum absolute atomic E-state index is 11.7. The minimum atomic E-state index is -0.147. The van der Waals surface area contributed by atoms with E-state index in [4.69, 9.17) is 11.6 Å². The number of carbonyl (C=O) groups is 1. The van der Waals surface area contributed by atoms with Gasteiger partial charge in [-0.1, -0.05) is 28.1 Å². The van der Waals surface area contributed by atoms with Gasteiger partial charge >= 0.3 is 0 Å². The molecule has 3 heteroatoms. The zero-order valence-electron chi connectivity index (χ0n) is 8.18. The van der Waals surface area contributed by atoms with Crippen molar-refractivity contribution in [2.75, 3.05) is 0 Å². The van der Waals surface area contributed by atoms with Gasteiger partial charge in [-0.15, -0.1) is 11.6 Å². The molecular formula is C11H12BrClO. The summed E-state index contributed by atoms with van der Waals surface area (Å²) in [6, 6.07) is 5.74. The molecule has 0 N–H and O–H groups in total. The molecule has 76 valence electrons. The van der Waals surface area contributed by atoms with E-state index < -0.39 is 0 Å². The van der Waals surface area contributed by atoms with Crippen molar-refractivity contribution in [1.82, 2.24) is 0 Å². The van der Waals surface area contributed by atoms with Gasteiger partial charge in [0.25, 0.3) is 0 Å². The normalized spacial score (nSPS) is 12.6. The lowest BCUT2D eigenvalue weighted by atomic mass is 10.0. The molecule has 0 radical (unpaired) electrons. The van der Waals surface area contributed by atoms with Crippen molar-refractivity contribution < 1.29 is 4.79 Å². The number of alkyl halides is 2. The van der Waals surface area contributed by atoms with E-state index in [0.29, 0.717) is 5.88 Å². The molecule has 1 aromatic rings. The molecule has 0 aliphatic carbocycles. The van der Waals surface area contributed by atoms with Crippen molar-refractivity contribution in [2.24, 2.45) is 0 Å². The number of halogens is 2. The Morgan fingerprint density at radius 2 is 2.21 bits per heavy atom. The van der Waals surface area contributed by atoms with Crippen molar-refractivity contribution in [1.29, 1.82) is 0 Å². The number of aryl methyl sites for hydroxylation is 1. The predicted octanol–water partition coefficient (Wildman–Crippen LogP) is 3.70. The summed E-state index contributed by atoms with van der Waals surface area (Å²) in [5.74, 6) is 0.548. The highest BCUT2D eigenvalue weighted by Crippen LogP contribution is 2.17. The summed E-state index contributed by atoms with van der Waals surface area (Å²) in [5, 5.41) is 0. The van der Waals surface area contributed by atoms with Gasteiger partial charge in [-0.25, -0.2) is 0 Å². The Kier molecular flexibility index (Phi) is 4.14. The summed E-state index contributed by atoms with van der Waals surface area (Å²) in [6.45, 7) is 3.76. The lowest BCUT2D eigenvalue weighted by Crippen LogP contribution is -2.11. The summed E-state index contributed by atoms with van der Waals surface area (Å²) >= 11 is 8.99. The summed E-state index contributed by atoms with van der Waals surface area (Å²) in [7, 11) is 0. The van der Waals surface area contributed by atoms with Crippen LogP contribution in [0.5, 0.6) is 0 Å². The summed E-state index contributed by atoms with van der Waals surface area (Å²) in [4.78, 5) is 11.6. The fourth-order valence-electron chi connectivity index (χ4n) is 1.23. The largest absolute Gasteiger partial charge is 0.293 e. The molecule has 0 aliphatic heterocycles. The Hall–Kier alpha value is -0.340. The van der Waals surface area contributed by atoms with Crippen LogP contribution < -0.4 is 0 Å². The highest BCUT2D eigenvalue weighted by molar-refractivity contribution is 9.10. The smallest absolute Gasteiger partial charge is 0.176 e. The van der Waals surface area contributed by atoms with E-state index in [1.54, 1.807) is 0 Å². The Balaban J connectivity index is 3.12. The van der Waals surface area contributed by atoms with E-state index in [9.17, 15) is 4.79 Å². The Morgan fingerprint density at radius 3 is 2.71 bits per heavy atom. The third-order valence-corrected chi connectivity index (χ3v) is 2.81. The van der Waals surface area contributed by atoms with Gasteiger partial charge < -0.3 is 0 Å². The van der Waals surface area contributed by atoms with Crippen LogP contribution in [0.2, 0.25) is 0 Å². The first-order valence-corrected chi connectivity index (χ1v) is 5.85. The minimum absolute atomic E-state index is 0.106. The van der Waals surface area contributed by atoms with E-state index in [2.05, 4.69) is 15.9 Å². The van der Waals surface area contributed by atoms with Crippen molar-refractivity contribution in [3.63, 3.8) is 0 Å². The van der Waals surface area contributed by atoms with E-state index in [1.165, 1.54) is 0 Å². The minimum Gasteiger partial charge on any atom is -0.293 e. The molecule has 0 spiro atoms. The molecular weight excluding hydrogens is 263 g/mol. The van der Waals surface area contributed by atoms with Gasteiger partial charge in [0.1, 0.15) is 0 Å². The Morgan fingerprint density at radius 1 is 1.57 bits per heavy atom. The SMILES string of the molecule is Cc1ccc(CCl)cc1C(=O)C(C)Br. The van der Waals surface area contributed by atoms with E-state index in [0.717, 1.165) is 16.7 Å². The quantitative estimate of drug-likeness (QED) is 0.607. The van der Waals surface area contributed by atoms with Gasteiger partial charge in [0.05, 0.1) is 4.83 Å². The zero-order valence-corrected chi connectivity index (χ0v) is 10.5. The van der Waals surface area contributed by atoms with E-state index in [1.807, 2.05) is 32.0 Å². The van der Waals surface area contributed by atoms with Crippen LogP contribution >= 0.6 is 27.5 Å². The highest BCUT2D eigenvalue weighted by Gasteiger charge is 2.14. The third kappa shape index (κ3) is 2.58. The second kappa shape index (κ2) is 4.94. The molecule has 0 aliphatic rings. The van der Waals surface area contributed by atoms with Crippen LogP contribution in [0.4, 0.5) is 0 Å². The first kappa shape index (κ1) is 11.7. The van der Waals surface area contributed by atoms with Gasteiger partial charge in [-0.3, -0.25) is 4.79 Å². The molecule has 0 heterocycles. The van der Waals surface area contributed by atoms with Crippen molar-refractivity contribution in [3.8, 4) is 0 Å². The first-order chi connectivity index (χ1) is 6.56. The van der Waals surface area contributed by atoms with Crippen LogP contribution in [-0.2, 0) is 5.88 Å². The van der Waals surface area contributed by atoms with Crippen LogP contribution in [0, 0.1) is 6.92 Å². The van der Waals surface area contributed by atoms with Crippen molar-refractivity contribution in [3.05, 3.63) is 34.9 Å². The van der Waals surface area contributed by atoms with Crippen LogP contribution in [0.15, 0.2) is 18.2 Å². The standard InChI is InChI=1S/C11H12BrClO/c1-7-3-4-9(6-13)5-10(7)11(14)8(2)12/h3-5,8H,6H2,1-2H3. The Bertz CT molecular complexity index is 347. The lowest BCUT2D eigenvalue weighted by Gasteiger charge is -2.08. The third-order valence-electron chi connectivity index (χ3n) is 2.08. The van der Waals surface area contributed by atoms with Crippen LogP contribution in [-0.4, -0.2) is 10.6 Å². The number of benzene rings is 1. The van der Waals surface area contributed by atoms with Crippen LogP contribution in [0.1, 0.15) is 28.4 Å². The highest BCUT2D eigenvalue weighted by atomic mass is 79.9. The number of carbonyl (C=O) groups excluding carboxylic acids is 1. The molecule has 1 aromatic carbocycles. The molecule has 0 saturated heterocycles. The average molecular weight is 276 g/mol. The van der Waals surface area contributed by atoms with Crippen LogP contribution in [0.3, 0.4) is 0 Å². The van der Waals surface area contributed by atoms with Crippen molar-refractivity contribution in [2.45, 2.75) is 24.6 Å². The number of hydrogen-bond donors (Lipinski definition) is 0. The fraction of sp³-hybridized carbons (Fsp3) is 0.364. The molecule has 1 unspecified atom stereocenters. The van der Waals surface area contributed by atoms with Gasteiger partial charge in [0, 0.05) is 11.4 Å². The molecule has 1 rings (SSSR count). The molecule has 14 heavy (non-hydrogen) atoms. The summed E-state index contributed by atoms with van der Waals surface area (Å²) in [6.07, 6.45) is 0. The maximum atomic E-state index is 11.7. The molecule has 0 saturated carbocycles. The van der Waals surface area contributed by atoms with Crippen LogP contribution in [0.25, 0.3) is 0 Å². The number of ketones is 1. The molecule has 1 nitrogen and oxygen atoms in total. The summed E-state index contributed by atoms with van der Waals surface area (Å²) in [5.41, 5.74) is 2.73. The molecule has 0 aromatic heterocycles. The zero-order chi connectivity index (χ0) is 10.7. The van der Waals surface area contributed by atoms with Gasteiger partial charge in [0.15, 0.2) is 5.78 Å². The second-order valence-electron chi connectivity index (χ2n) is 3.26. The summed E-state index contributed by atoms with van der Waals surface area (Å²) < 4.78 is 0. The van der Waals surface area contributed by atoms with Gasteiger partial charge in [-0.05, 0) is 31.0 Å². The maximum Gasteiger partial charge on any atom is 0.176 e. The van der Waals surface area contributed by atoms with Gasteiger partial charge in [-0.2, -0.15) is 0 Å². The Labute approximate surface area is 97.6 Å². The molecule has 1 atom stereocenters. The lowest BCUT2D eigenvalue weighted by molar-refractivity contribution is 0.0995. The predicted molar refractivity (Wildman–Crippen MR) is 63.5 cm³/mol.